The first-order valence-electron chi connectivity index (χ1n) is 6.61. The van der Waals surface area contributed by atoms with Gasteiger partial charge >= 0.3 is 0 Å². The lowest BCUT2D eigenvalue weighted by Gasteiger charge is -2.23. The van der Waals surface area contributed by atoms with Crippen molar-refractivity contribution in [3.05, 3.63) is 29.6 Å². The largest absolute Gasteiger partial charge is 0.494 e. The number of nitrogens with two attached hydrogens (primary N) is 1. The van der Waals surface area contributed by atoms with Gasteiger partial charge in [-0.1, -0.05) is 6.07 Å². The fourth-order valence-electron chi connectivity index (χ4n) is 1.64. The first-order chi connectivity index (χ1) is 9.39. The molecule has 0 aliphatic carbocycles. The molecule has 1 aromatic rings. The lowest BCUT2D eigenvalue weighted by Crippen LogP contribution is -2.25. The van der Waals surface area contributed by atoms with E-state index in [9.17, 15) is 4.39 Å². The third-order valence-corrected chi connectivity index (χ3v) is 3.30. The number of hydrogen-bond donors (Lipinski definition) is 1. The molecule has 0 saturated heterocycles. The second-order valence-electron chi connectivity index (χ2n) is 5.29. The van der Waals surface area contributed by atoms with Crippen LogP contribution < -0.4 is 10.5 Å². The molecule has 0 radical (unpaired) electrons. The predicted molar refractivity (Wildman–Crippen MR) is 76.4 cm³/mol. The van der Waals surface area contributed by atoms with Crippen LogP contribution in [-0.2, 0) is 9.47 Å². The summed E-state index contributed by atoms with van der Waals surface area (Å²) in [6.45, 7) is 4.88. The van der Waals surface area contributed by atoms with E-state index in [1.165, 1.54) is 13.2 Å². The quantitative estimate of drug-likeness (QED) is 0.746. The molecule has 0 aliphatic heterocycles. The molecule has 20 heavy (non-hydrogen) atoms. The van der Waals surface area contributed by atoms with Crippen LogP contribution in [0.2, 0.25) is 0 Å². The first kappa shape index (κ1) is 16.9. The molecular formula is C15H24FNO3. The van der Waals surface area contributed by atoms with Crippen LogP contribution in [-0.4, -0.2) is 33.0 Å². The Hall–Kier alpha value is -1.17. The van der Waals surface area contributed by atoms with Crippen molar-refractivity contribution < 1.29 is 18.6 Å². The van der Waals surface area contributed by atoms with E-state index in [0.29, 0.717) is 18.8 Å². The van der Waals surface area contributed by atoms with Gasteiger partial charge in [-0.2, -0.15) is 0 Å². The van der Waals surface area contributed by atoms with Gasteiger partial charge in [-0.25, -0.2) is 4.39 Å². The normalized spacial score (nSPS) is 13.3. The minimum Gasteiger partial charge on any atom is -0.494 e. The number of ether oxygens (including phenoxy) is 3. The Bertz CT molecular complexity index is 424. The van der Waals surface area contributed by atoms with E-state index in [2.05, 4.69) is 0 Å². The number of hydrogen-bond acceptors (Lipinski definition) is 4. The molecule has 0 heterocycles. The Labute approximate surface area is 120 Å². The molecule has 1 aromatic carbocycles. The Kier molecular flexibility index (Phi) is 6.39. The maximum absolute atomic E-state index is 13.6. The zero-order valence-corrected chi connectivity index (χ0v) is 12.6. The van der Waals surface area contributed by atoms with Gasteiger partial charge in [0.15, 0.2) is 11.6 Å². The topological polar surface area (TPSA) is 53.7 Å². The molecule has 0 fully saturated rings. The molecule has 0 saturated carbocycles. The summed E-state index contributed by atoms with van der Waals surface area (Å²) in [4.78, 5) is 0. The molecule has 1 unspecified atom stereocenters. The van der Waals surface area contributed by atoms with Crippen LogP contribution in [0.15, 0.2) is 18.2 Å². The van der Waals surface area contributed by atoms with Crippen LogP contribution in [0.5, 0.6) is 5.75 Å². The van der Waals surface area contributed by atoms with Crippen molar-refractivity contribution in [2.75, 3.05) is 27.4 Å². The third-order valence-electron chi connectivity index (χ3n) is 3.30. The highest BCUT2D eigenvalue weighted by Gasteiger charge is 2.16. The maximum Gasteiger partial charge on any atom is 0.165 e. The molecule has 2 N–H and O–H groups in total. The summed E-state index contributed by atoms with van der Waals surface area (Å²) in [5.74, 6) is -0.204. The van der Waals surface area contributed by atoms with Crippen LogP contribution in [0.25, 0.3) is 0 Å². The zero-order valence-electron chi connectivity index (χ0n) is 12.6. The second kappa shape index (κ2) is 7.57. The number of rotatable bonds is 8. The lowest BCUT2D eigenvalue weighted by atomic mass is 10.1. The van der Waals surface area contributed by atoms with E-state index in [1.54, 1.807) is 19.2 Å². The summed E-state index contributed by atoms with van der Waals surface area (Å²) in [6.07, 6.45) is 0.771. The third kappa shape index (κ3) is 5.07. The fraction of sp³-hybridized carbons (Fsp3) is 0.600. The average molecular weight is 285 g/mol. The Balaban J connectivity index is 2.43. The Morgan fingerprint density at radius 3 is 2.55 bits per heavy atom. The van der Waals surface area contributed by atoms with Crippen molar-refractivity contribution in [1.82, 2.24) is 0 Å². The monoisotopic (exact) mass is 285 g/mol. The van der Waals surface area contributed by atoms with Gasteiger partial charge < -0.3 is 19.9 Å². The van der Waals surface area contributed by atoms with Crippen molar-refractivity contribution >= 4 is 0 Å². The zero-order chi connectivity index (χ0) is 15.2. The number of methoxy groups -OCH3 is 2. The second-order valence-corrected chi connectivity index (χ2v) is 5.29. The van der Waals surface area contributed by atoms with Gasteiger partial charge in [0, 0.05) is 13.7 Å². The van der Waals surface area contributed by atoms with Crippen molar-refractivity contribution in [3.63, 3.8) is 0 Å². The molecular weight excluding hydrogens is 261 g/mol. The van der Waals surface area contributed by atoms with E-state index in [0.717, 1.165) is 6.42 Å². The minimum absolute atomic E-state index is 0.212. The van der Waals surface area contributed by atoms with Gasteiger partial charge in [0.1, 0.15) is 0 Å². The highest BCUT2D eigenvalue weighted by atomic mass is 19.1. The smallest absolute Gasteiger partial charge is 0.165 e. The fourth-order valence-corrected chi connectivity index (χ4v) is 1.64. The van der Waals surface area contributed by atoms with Gasteiger partial charge in [-0.15, -0.1) is 0 Å². The van der Waals surface area contributed by atoms with Gasteiger partial charge in [0.05, 0.1) is 25.4 Å². The van der Waals surface area contributed by atoms with Gasteiger partial charge in [-0.3, -0.25) is 0 Å². The molecule has 1 atom stereocenters. The van der Waals surface area contributed by atoms with E-state index < -0.39 is 5.82 Å². The molecule has 0 spiro atoms. The Morgan fingerprint density at radius 2 is 2.00 bits per heavy atom. The highest BCUT2D eigenvalue weighted by Crippen LogP contribution is 2.21. The van der Waals surface area contributed by atoms with Crippen molar-refractivity contribution in [2.24, 2.45) is 5.73 Å². The summed E-state index contributed by atoms with van der Waals surface area (Å²) in [7, 11) is 3.10. The van der Waals surface area contributed by atoms with Crippen LogP contribution in [0.1, 0.15) is 31.9 Å². The van der Waals surface area contributed by atoms with E-state index in [-0.39, 0.29) is 17.4 Å². The first-order valence-corrected chi connectivity index (χ1v) is 6.61. The molecule has 1 rings (SSSR count). The van der Waals surface area contributed by atoms with Crippen LogP contribution in [0.3, 0.4) is 0 Å². The summed E-state index contributed by atoms with van der Waals surface area (Å²) >= 11 is 0. The summed E-state index contributed by atoms with van der Waals surface area (Å²) in [6, 6.07) is 4.33. The van der Waals surface area contributed by atoms with E-state index in [4.69, 9.17) is 19.9 Å². The Morgan fingerprint density at radius 1 is 1.30 bits per heavy atom. The van der Waals surface area contributed by atoms with E-state index >= 15 is 0 Å². The van der Waals surface area contributed by atoms with Crippen LogP contribution in [0.4, 0.5) is 4.39 Å². The molecule has 0 aliphatic rings. The van der Waals surface area contributed by atoms with Gasteiger partial charge in [0.2, 0.25) is 0 Å². The molecule has 0 bridgehead atoms. The molecule has 4 nitrogen and oxygen atoms in total. The average Bonchev–Trinajstić information content (AvgIpc) is 2.43. The van der Waals surface area contributed by atoms with Crippen molar-refractivity contribution in [3.8, 4) is 5.75 Å². The predicted octanol–water partition coefficient (Wildman–Crippen LogP) is 2.67. The van der Waals surface area contributed by atoms with Crippen molar-refractivity contribution in [1.29, 1.82) is 0 Å². The molecule has 0 aromatic heterocycles. The van der Waals surface area contributed by atoms with Gasteiger partial charge in [0.25, 0.3) is 0 Å². The van der Waals surface area contributed by atoms with Crippen LogP contribution >= 0.6 is 0 Å². The number of halogens is 1. The minimum atomic E-state index is -0.416. The van der Waals surface area contributed by atoms with E-state index in [1.807, 2.05) is 13.8 Å². The van der Waals surface area contributed by atoms with Crippen LogP contribution in [0, 0.1) is 5.82 Å². The molecule has 114 valence electrons. The summed E-state index contributed by atoms with van der Waals surface area (Å²) in [5.41, 5.74) is 6.45. The van der Waals surface area contributed by atoms with Gasteiger partial charge in [-0.05, 0) is 38.0 Å². The number of benzene rings is 1. The SMILES string of the molecule is COc1ccc(C(N)COCCC(C)(C)OC)cc1F. The maximum atomic E-state index is 13.6. The lowest BCUT2D eigenvalue weighted by molar-refractivity contribution is -0.0113. The summed E-state index contributed by atoms with van der Waals surface area (Å²) < 4.78 is 29.3. The molecule has 0 amide bonds. The standard InChI is InChI=1S/C15H24FNO3/c1-15(2,19-4)7-8-20-10-13(17)11-5-6-14(18-3)12(16)9-11/h5-6,9,13H,7-8,10,17H2,1-4H3. The van der Waals surface area contributed by atoms with Crippen molar-refractivity contribution in [2.45, 2.75) is 31.9 Å². The molecule has 5 heteroatoms. The summed E-state index contributed by atoms with van der Waals surface area (Å²) in [5, 5.41) is 0. The highest BCUT2D eigenvalue weighted by molar-refractivity contribution is 5.30.